The number of rotatable bonds is 3. The summed E-state index contributed by atoms with van der Waals surface area (Å²) in [5.74, 6) is -0.855. The van der Waals surface area contributed by atoms with Gasteiger partial charge in [0.25, 0.3) is 11.8 Å². The van der Waals surface area contributed by atoms with Gasteiger partial charge in [-0.3, -0.25) is 19.8 Å². The van der Waals surface area contributed by atoms with Gasteiger partial charge < -0.3 is 4.57 Å². The molecule has 0 radical (unpaired) electrons. The Bertz CT molecular complexity index is 952. The van der Waals surface area contributed by atoms with Gasteiger partial charge in [0.1, 0.15) is 5.57 Å². The molecular formula is C22H23N3O2S. The first kappa shape index (κ1) is 18.6. The van der Waals surface area contributed by atoms with Gasteiger partial charge in [-0.2, -0.15) is 0 Å². The molecule has 2 aromatic rings. The van der Waals surface area contributed by atoms with E-state index >= 15 is 0 Å². The first-order valence-electron chi connectivity index (χ1n) is 9.68. The largest absolute Gasteiger partial charge is 0.351 e. The predicted molar refractivity (Wildman–Crippen MR) is 114 cm³/mol. The molecule has 1 aliphatic carbocycles. The van der Waals surface area contributed by atoms with Gasteiger partial charge in [-0.25, -0.2) is 0 Å². The Hall–Kier alpha value is -2.73. The monoisotopic (exact) mass is 393 g/mol. The molecule has 5 nitrogen and oxygen atoms in total. The second kappa shape index (κ2) is 7.72. The minimum Gasteiger partial charge on any atom is -0.351 e. The number of nitrogens with one attached hydrogen (secondary N) is 1. The van der Waals surface area contributed by atoms with E-state index in [1.807, 2.05) is 49.6 Å². The van der Waals surface area contributed by atoms with Crippen LogP contribution in [0.1, 0.15) is 49.3 Å². The van der Waals surface area contributed by atoms with Crippen molar-refractivity contribution in [1.82, 2.24) is 9.88 Å². The lowest BCUT2D eigenvalue weighted by molar-refractivity contribution is -0.122. The van der Waals surface area contributed by atoms with Crippen molar-refractivity contribution < 1.29 is 9.59 Å². The highest BCUT2D eigenvalue weighted by atomic mass is 32.1. The third kappa shape index (κ3) is 3.64. The maximum absolute atomic E-state index is 13.0. The average Bonchev–Trinajstić information content (AvgIpc) is 3.16. The first-order chi connectivity index (χ1) is 13.5. The number of carbonyl (C=O) groups is 2. The molecule has 4 rings (SSSR count). The smallest absolute Gasteiger partial charge is 0.270 e. The molecule has 2 fully saturated rings. The normalized spacial score (nSPS) is 20.0. The van der Waals surface area contributed by atoms with Crippen LogP contribution in [0, 0.1) is 6.92 Å². The number of carbonyl (C=O) groups excluding carboxylic acids is 2. The van der Waals surface area contributed by atoms with Gasteiger partial charge in [-0.1, -0.05) is 37.0 Å². The quantitative estimate of drug-likeness (QED) is 0.485. The second-order valence-electron chi connectivity index (χ2n) is 7.48. The Morgan fingerprint density at radius 3 is 2.50 bits per heavy atom. The fraction of sp³-hybridized carbons (Fsp3) is 0.318. The van der Waals surface area contributed by atoms with E-state index in [0.29, 0.717) is 11.7 Å². The van der Waals surface area contributed by atoms with Crippen LogP contribution in [-0.2, 0) is 9.59 Å². The molecule has 6 heteroatoms. The fourth-order valence-corrected chi connectivity index (χ4v) is 4.16. The van der Waals surface area contributed by atoms with Gasteiger partial charge in [0.05, 0.1) is 5.69 Å². The van der Waals surface area contributed by atoms with E-state index in [1.54, 1.807) is 6.08 Å². The Morgan fingerprint density at radius 2 is 1.79 bits per heavy atom. The van der Waals surface area contributed by atoms with Crippen molar-refractivity contribution in [3.8, 4) is 0 Å². The molecule has 28 heavy (non-hydrogen) atoms. The standard InChI is InChI=1S/C22H23N3O2S/c1-15-7-9-18(10-8-15)25-21(27)19(20(26)23-22(25)28)13-16-11-12-24(14-16)17-5-3-2-4-6-17/h7-14,17H,2-6H2,1H3,(H,23,26,28)/b19-13-. The lowest BCUT2D eigenvalue weighted by Gasteiger charge is -2.29. The van der Waals surface area contributed by atoms with Crippen molar-refractivity contribution in [2.75, 3.05) is 4.90 Å². The summed E-state index contributed by atoms with van der Waals surface area (Å²) in [5, 5.41) is 2.74. The van der Waals surface area contributed by atoms with Crippen LogP contribution in [0.2, 0.25) is 0 Å². The van der Waals surface area contributed by atoms with E-state index in [1.165, 1.54) is 37.0 Å². The molecular weight excluding hydrogens is 370 g/mol. The molecule has 144 valence electrons. The maximum atomic E-state index is 13.0. The summed E-state index contributed by atoms with van der Waals surface area (Å²) in [7, 11) is 0. The van der Waals surface area contributed by atoms with Gasteiger partial charge in [0, 0.05) is 18.4 Å². The summed E-state index contributed by atoms with van der Waals surface area (Å²) in [5.41, 5.74) is 2.67. The minimum atomic E-state index is -0.455. The molecule has 0 atom stereocenters. The Kier molecular flexibility index (Phi) is 5.13. The summed E-state index contributed by atoms with van der Waals surface area (Å²) in [6, 6.07) is 9.94. The molecule has 1 aliphatic heterocycles. The van der Waals surface area contributed by atoms with Crippen molar-refractivity contribution in [2.45, 2.75) is 45.1 Å². The minimum absolute atomic E-state index is 0.0931. The second-order valence-corrected chi connectivity index (χ2v) is 7.86. The third-order valence-electron chi connectivity index (χ3n) is 5.44. The highest BCUT2D eigenvalue weighted by Gasteiger charge is 2.34. The number of hydrogen-bond donors (Lipinski definition) is 1. The van der Waals surface area contributed by atoms with E-state index < -0.39 is 11.8 Å². The highest BCUT2D eigenvalue weighted by molar-refractivity contribution is 7.80. The lowest BCUT2D eigenvalue weighted by atomic mass is 9.95. The number of thiocarbonyl (C=S) groups is 1. The summed E-state index contributed by atoms with van der Waals surface area (Å²) in [6.45, 7) is 1.98. The number of nitrogens with zero attached hydrogens (tertiary/aromatic N) is 2. The van der Waals surface area contributed by atoms with Crippen LogP contribution in [0.25, 0.3) is 6.08 Å². The van der Waals surface area contributed by atoms with Crippen LogP contribution in [0.3, 0.4) is 0 Å². The topological polar surface area (TPSA) is 54.3 Å². The zero-order chi connectivity index (χ0) is 19.7. The zero-order valence-corrected chi connectivity index (χ0v) is 16.7. The first-order valence-corrected chi connectivity index (χ1v) is 10.1. The van der Waals surface area contributed by atoms with Crippen LogP contribution in [0.15, 0.2) is 48.3 Å². The molecule has 1 saturated carbocycles. The van der Waals surface area contributed by atoms with Crippen molar-refractivity contribution in [3.63, 3.8) is 0 Å². The van der Waals surface area contributed by atoms with Gasteiger partial charge in [0.2, 0.25) is 0 Å². The van der Waals surface area contributed by atoms with Crippen LogP contribution in [0.5, 0.6) is 0 Å². The highest BCUT2D eigenvalue weighted by Crippen LogP contribution is 2.29. The summed E-state index contributed by atoms with van der Waals surface area (Å²) < 4.78 is 2.21. The molecule has 2 heterocycles. The summed E-state index contributed by atoms with van der Waals surface area (Å²) in [6.07, 6.45) is 11.9. The zero-order valence-electron chi connectivity index (χ0n) is 15.9. The molecule has 2 aliphatic rings. The Balaban J connectivity index is 1.61. The summed E-state index contributed by atoms with van der Waals surface area (Å²) >= 11 is 5.25. The number of amides is 2. The van der Waals surface area contributed by atoms with Crippen molar-refractivity contribution in [1.29, 1.82) is 0 Å². The van der Waals surface area contributed by atoms with Crippen LogP contribution >= 0.6 is 12.2 Å². The Morgan fingerprint density at radius 1 is 1.07 bits per heavy atom. The molecule has 0 bridgehead atoms. The van der Waals surface area contributed by atoms with E-state index in [4.69, 9.17) is 12.2 Å². The fourth-order valence-electron chi connectivity index (χ4n) is 3.87. The predicted octanol–water partition coefficient (Wildman–Crippen LogP) is 4.13. The summed E-state index contributed by atoms with van der Waals surface area (Å²) in [4.78, 5) is 26.9. The van der Waals surface area contributed by atoms with Crippen molar-refractivity contribution in [3.05, 3.63) is 59.4 Å². The van der Waals surface area contributed by atoms with E-state index in [0.717, 1.165) is 11.1 Å². The molecule has 0 unspecified atom stereocenters. The molecule has 0 spiro atoms. The molecule has 2 amide bonds. The SMILES string of the molecule is Cc1ccc(N2C(=O)/C(=C\c3ccn(C4CCCCC4)c3)C(=O)NC2=S)cc1. The number of aryl methyl sites for hydroxylation is 1. The van der Waals surface area contributed by atoms with Crippen LogP contribution in [-0.4, -0.2) is 21.5 Å². The van der Waals surface area contributed by atoms with Gasteiger partial charge in [-0.05, 0) is 61.8 Å². The number of anilines is 1. The van der Waals surface area contributed by atoms with E-state index in [-0.39, 0.29) is 10.7 Å². The van der Waals surface area contributed by atoms with E-state index in [9.17, 15) is 9.59 Å². The molecule has 1 aromatic heterocycles. The van der Waals surface area contributed by atoms with Crippen molar-refractivity contribution >= 4 is 40.9 Å². The lowest BCUT2D eigenvalue weighted by Crippen LogP contribution is -2.54. The molecule has 1 saturated heterocycles. The van der Waals surface area contributed by atoms with Gasteiger partial charge >= 0.3 is 0 Å². The number of aromatic nitrogens is 1. The maximum Gasteiger partial charge on any atom is 0.270 e. The van der Waals surface area contributed by atoms with Crippen molar-refractivity contribution in [2.24, 2.45) is 0 Å². The van der Waals surface area contributed by atoms with Crippen LogP contribution in [0.4, 0.5) is 5.69 Å². The molecule has 1 N–H and O–H groups in total. The number of benzene rings is 1. The van der Waals surface area contributed by atoms with Gasteiger partial charge in [-0.15, -0.1) is 0 Å². The van der Waals surface area contributed by atoms with E-state index in [2.05, 4.69) is 9.88 Å². The van der Waals surface area contributed by atoms with Crippen LogP contribution < -0.4 is 10.2 Å². The van der Waals surface area contributed by atoms with Gasteiger partial charge in [0.15, 0.2) is 5.11 Å². The molecule has 1 aromatic carbocycles. The number of hydrogen-bond acceptors (Lipinski definition) is 3. The average molecular weight is 394 g/mol. The third-order valence-corrected chi connectivity index (χ3v) is 5.72. The Labute approximate surface area is 170 Å².